The smallest absolute Gasteiger partial charge is 0.166 e. The van der Waals surface area contributed by atoms with Gasteiger partial charge < -0.3 is 0 Å². The van der Waals surface area contributed by atoms with Crippen molar-refractivity contribution in [3.63, 3.8) is 0 Å². The Bertz CT molecular complexity index is 565. The summed E-state index contributed by atoms with van der Waals surface area (Å²) in [5, 5.41) is 0.279. The molecule has 0 spiro atoms. The third-order valence-electron chi connectivity index (χ3n) is 6.67. The first kappa shape index (κ1) is 19.1. The van der Waals surface area contributed by atoms with Crippen molar-refractivity contribution in [1.82, 2.24) is 0 Å². The first-order valence-electron chi connectivity index (χ1n) is 9.75. The molecule has 1 aromatic carbocycles. The van der Waals surface area contributed by atoms with E-state index < -0.39 is 11.7 Å². The maximum atomic E-state index is 12.8. The van der Waals surface area contributed by atoms with Crippen molar-refractivity contribution in [2.45, 2.75) is 76.8 Å². The molecule has 0 N–H and O–H groups in total. The Hall–Kier alpha value is -0.700. The molecule has 0 amide bonds. The summed E-state index contributed by atoms with van der Waals surface area (Å²) >= 11 is 6.19. The molecule has 0 unspecified atom stereocenters. The van der Waals surface area contributed by atoms with Gasteiger partial charge in [-0.25, -0.2) is 0 Å². The summed E-state index contributed by atoms with van der Waals surface area (Å²) in [4.78, 5) is 0. The number of rotatable bonds is 3. The van der Waals surface area contributed by atoms with Crippen LogP contribution in [0, 0.1) is 17.8 Å². The lowest BCUT2D eigenvalue weighted by molar-refractivity contribution is -0.137. The maximum absolute atomic E-state index is 12.8. The molecule has 0 radical (unpaired) electrons. The van der Waals surface area contributed by atoms with Crippen LogP contribution in [0.3, 0.4) is 0 Å². The predicted octanol–water partition coefficient (Wildman–Crippen LogP) is 7.85. The molecule has 0 nitrogen and oxygen atoms in total. The zero-order valence-corrected chi connectivity index (χ0v) is 15.7. The summed E-state index contributed by atoms with van der Waals surface area (Å²) in [5.41, 5.74) is 0.255. The zero-order chi connectivity index (χ0) is 18.0. The Morgan fingerprint density at radius 2 is 1.48 bits per heavy atom. The minimum Gasteiger partial charge on any atom is -0.166 e. The quantitative estimate of drug-likeness (QED) is 0.506. The summed E-state index contributed by atoms with van der Waals surface area (Å²) < 4.78 is 38.4. The minimum atomic E-state index is -4.32. The first-order chi connectivity index (χ1) is 11.9. The monoisotopic (exact) mass is 372 g/mol. The van der Waals surface area contributed by atoms with Gasteiger partial charge >= 0.3 is 6.18 Å². The highest BCUT2D eigenvalue weighted by molar-refractivity contribution is 6.31. The van der Waals surface area contributed by atoms with Crippen molar-refractivity contribution in [1.29, 1.82) is 0 Å². The van der Waals surface area contributed by atoms with Crippen molar-refractivity contribution in [2.75, 3.05) is 0 Å². The van der Waals surface area contributed by atoms with Crippen LogP contribution >= 0.6 is 11.6 Å². The van der Waals surface area contributed by atoms with E-state index in [9.17, 15) is 13.2 Å². The molecular weight excluding hydrogens is 345 g/mol. The van der Waals surface area contributed by atoms with Gasteiger partial charge in [0.05, 0.1) is 5.56 Å². The van der Waals surface area contributed by atoms with E-state index in [1.807, 2.05) is 0 Å². The topological polar surface area (TPSA) is 0 Å². The molecule has 4 heteroatoms. The Labute approximate surface area is 154 Å². The molecule has 2 aliphatic carbocycles. The van der Waals surface area contributed by atoms with Gasteiger partial charge in [-0.2, -0.15) is 13.2 Å². The second kappa shape index (κ2) is 7.90. The van der Waals surface area contributed by atoms with Crippen LogP contribution in [0.5, 0.6) is 0 Å². The van der Waals surface area contributed by atoms with Crippen LogP contribution in [-0.4, -0.2) is 0 Å². The van der Waals surface area contributed by atoms with Crippen LogP contribution in [0.1, 0.15) is 81.8 Å². The molecule has 0 bridgehead atoms. The van der Waals surface area contributed by atoms with E-state index in [0.29, 0.717) is 5.92 Å². The average molecular weight is 373 g/mol. The molecule has 0 heterocycles. The second-order valence-electron chi connectivity index (χ2n) is 8.03. The van der Waals surface area contributed by atoms with Crippen LogP contribution in [0.15, 0.2) is 18.2 Å². The molecule has 2 fully saturated rings. The normalized spacial score (nSPS) is 31.1. The van der Waals surface area contributed by atoms with Gasteiger partial charge in [0.2, 0.25) is 0 Å². The summed E-state index contributed by atoms with van der Waals surface area (Å²) in [7, 11) is 0. The van der Waals surface area contributed by atoms with Gasteiger partial charge in [-0.1, -0.05) is 43.9 Å². The van der Waals surface area contributed by atoms with Gasteiger partial charge in [-0.05, 0) is 79.9 Å². The van der Waals surface area contributed by atoms with Crippen LogP contribution in [-0.2, 0) is 6.18 Å². The molecule has 1 aromatic rings. The van der Waals surface area contributed by atoms with Gasteiger partial charge in [-0.15, -0.1) is 0 Å². The van der Waals surface area contributed by atoms with Gasteiger partial charge in [0.15, 0.2) is 0 Å². The van der Waals surface area contributed by atoms with E-state index in [4.69, 9.17) is 11.6 Å². The number of hydrogen-bond donors (Lipinski definition) is 0. The van der Waals surface area contributed by atoms with Crippen molar-refractivity contribution in [3.8, 4) is 0 Å². The summed E-state index contributed by atoms with van der Waals surface area (Å²) in [6, 6.07) is 3.87. The van der Waals surface area contributed by atoms with Crippen LogP contribution in [0.4, 0.5) is 13.2 Å². The highest BCUT2D eigenvalue weighted by atomic mass is 35.5. The SMILES string of the molecule is CCC1CCC(C2CCC(c3ccc(C(F)(F)F)cc3Cl)CC2)CC1. The zero-order valence-electron chi connectivity index (χ0n) is 14.9. The fourth-order valence-electron chi connectivity index (χ4n) is 5.00. The third-order valence-corrected chi connectivity index (χ3v) is 7.00. The lowest BCUT2D eigenvalue weighted by Gasteiger charge is -2.38. The number of hydrogen-bond acceptors (Lipinski definition) is 0. The van der Waals surface area contributed by atoms with E-state index in [-0.39, 0.29) is 5.02 Å². The molecule has 2 saturated carbocycles. The molecule has 0 saturated heterocycles. The molecule has 140 valence electrons. The van der Waals surface area contributed by atoms with Gasteiger partial charge in [0.1, 0.15) is 0 Å². The molecule has 25 heavy (non-hydrogen) atoms. The third kappa shape index (κ3) is 4.53. The Morgan fingerprint density at radius 3 is 1.96 bits per heavy atom. The van der Waals surface area contributed by atoms with Crippen LogP contribution in [0.2, 0.25) is 5.02 Å². The summed E-state index contributed by atoms with van der Waals surface area (Å²) in [6.07, 6.45) is 7.00. The molecule has 2 aliphatic rings. The molecule has 0 atom stereocenters. The van der Waals surface area contributed by atoms with E-state index in [0.717, 1.165) is 42.2 Å². The van der Waals surface area contributed by atoms with Crippen molar-refractivity contribution in [2.24, 2.45) is 17.8 Å². The Balaban J connectivity index is 1.57. The summed E-state index contributed by atoms with van der Waals surface area (Å²) in [6.45, 7) is 2.30. The number of benzene rings is 1. The van der Waals surface area contributed by atoms with Crippen molar-refractivity contribution >= 4 is 11.6 Å². The highest BCUT2D eigenvalue weighted by Gasteiger charge is 2.33. The largest absolute Gasteiger partial charge is 0.416 e. The number of alkyl halides is 3. The number of halogens is 4. The van der Waals surface area contributed by atoms with Crippen molar-refractivity contribution < 1.29 is 13.2 Å². The predicted molar refractivity (Wildman–Crippen MR) is 96.9 cm³/mol. The average Bonchev–Trinajstić information content (AvgIpc) is 2.61. The van der Waals surface area contributed by atoms with E-state index in [1.54, 1.807) is 6.07 Å². The van der Waals surface area contributed by atoms with E-state index >= 15 is 0 Å². The van der Waals surface area contributed by atoms with E-state index in [1.165, 1.54) is 51.0 Å². The lowest BCUT2D eigenvalue weighted by Crippen LogP contribution is -2.25. The maximum Gasteiger partial charge on any atom is 0.416 e. The summed E-state index contributed by atoms with van der Waals surface area (Å²) in [5.74, 6) is 2.92. The van der Waals surface area contributed by atoms with Gasteiger partial charge in [0.25, 0.3) is 0 Å². The second-order valence-corrected chi connectivity index (χ2v) is 8.44. The Morgan fingerprint density at radius 1 is 0.920 bits per heavy atom. The molecule has 3 rings (SSSR count). The lowest BCUT2D eigenvalue weighted by atomic mass is 9.68. The first-order valence-corrected chi connectivity index (χ1v) is 10.1. The van der Waals surface area contributed by atoms with Gasteiger partial charge in [0, 0.05) is 5.02 Å². The molecule has 0 aliphatic heterocycles. The van der Waals surface area contributed by atoms with Crippen LogP contribution < -0.4 is 0 Å². The Kier molecular flexibility index (Phi) is 6.03. The van der Waals surface area contributed by atoms with Gasteiger partial charge in [-0.3, -0.25) is 0 Å². The molecule has 0 aromatic heterocycles. The van der Waals surface area contributed by atoms with Crippen LogP contribution in [0.25, 0.3) is 0 Å². The molecular formula is C21H28ClF3. The van der Waals surface area contributed by atoms with E-state index in [2.05, 4.69) is 6.92 Å². The van der Waals surface area contributed by atoms with Crippen molar-refractivity contribution in [3.05, 3.63) is 34.3 Å². The standard InChI is InChI=1S/C21H28ClF3/c1-2-14-3-5-15(6-4-14)16-7-9-17(10-8-16)19-12-11-18(13-20(19)22)21(23,24)25/h11-17H,2-10H2,1H3. The fourth-order valence-corrected chi connectivity index (χ4v) is 5.34. The fraction of sp³-hybridized carbons (Fsp3) is 0.714. The highest BCUT2D eigenvalue weighted by Crippen LogP contribution is 2.45. The minimum absolute atomic E-state index is 0.279.